The molecule has 0 unspecified atom stereocenters. The molecule has 1 rings (SSSR count). The van der Waals surface area contributed by atoms with Gasteiger partial charge in [0.25, 0.3) is 0 Å². The van der Waals surface area contributed by atoms with Crippen LogP contribution < -0.4 is 10.6 Å². The van der Waals surface area contributed by atoms with Gasteiger partial charge in [0, 0.05) is 24.4 Å². The van der Waals surface area contributed by atoms with Crippen LogP contribution in [0.2, 0.25) is 0 Å². The molecule has 1 aromatic heterocycles. The molecule has 2 N–H and O–H groups in total. The lowest BCUT2D eigenvalue weighted by molar-refractivity contribution is 0.572. The van der Waals surface area contributed by atoms with E-state index in [1.165, 1.54) is 5.01 Å². The van der Waals surface area contributed by atoms with Crippen LogP contribution in [0.1, 0.15) is 51.7 Å². The fourth-order valence-electron chi connectivity index (χ4n) is 1.61. The summed E-state index contributed by atoms with van der Waals surface area (Å²) in [6.07, 6.45) is 1.14. The molecule has 0 aliphatic carbocycles. The molecule has 0 atom stereocenters. The van der Waals surface area contributed by atoms with Crippen molar-refractivity contribution in [3.63, 3.8) is 0 Å². The highest BCUT2D eigenvalue weighted by Gasteiger charge is 2.17. The Morgan fingerprint density at radius 3 is 2.48 bits per heavy atom. The largest absolute Gasteiger partial charge is 0.356 e. The number of guanidine groups is 1. The normalized spacial score (nSPS) is 12.2. The molecule has 0 aromatic carbocycles. The van der Waals surface area contributed by atoms with Crippen molar-refractivity contribution in [3.8, 4) is 0 Å². The molecule has 0 saturated carbocycles. The highest BCUT2D eigenvalue weighted by atomic mass is 127. The van der Waals surface area contributed by atoms with Crippen LogP contribution in [-0.2, 0) is 12.0 Å². The summed E-state index contributed by atoms with van der Waals surface area (Å²) in [7, 11) is 1.80. The summed E-state index contributed by atoms with van der Waals surface area (Å²) in [6, 6.07) is 0. The van der Waals surface area contributed by atoms with Gasteiger partial charge in [-0.3, -0.25) is 4.99 Å². The van der Waals surface area contributed by atoms with Crippen molar-refractivity contribution in [2.75, 3.05) is 13.6 Å². The predicted octanol–water partition coefficient (Wildman–Crippen LogP) is 3.77. The third-order valence-electron chi connectivity index (χ3n) is 2.87. The summed E-state index contributed by atoms with van der Waals surface area (Å²) in [5, 5.41) is 9.93. The monoisotopic (exact) mass is 424 g/mol. The summed E-state index contributed by atoms with van der Waals surface area (Å²) in [5.41, 5.74) is 1.20. The molecule has 1 aromatic rings. The van der Waals surface area contributed by atoms with Gasteiger partial charge < -0.3 is 10.6 Å². The van der Waals surface area contributed by atoms with Gasteiger partial charge in [0.05, 0.1) is 17.2 Å². The number of hydrogen-bond donors (Lipinski definition) is 2. The second kappa shape index (κ2) is 9.61. The van der Waals surface area contributed by atoms with Crippen LogP contribution in [0.3, 0.4) is 0 Å². The third kappa shape index (κ3) is 7.99. The molecule has 21 heavy (non-hydrogen) atoms. The number of aromatic nitrogens is 1. The molecule has 1 heterocycles. The van der Waals surface area contributed by atoms with E-state index < -0.39 is 0 Å². The van der Waals surface area contributed by atoms with E-state index in [0.717, 1.165) is 24.6 Å². The van der Waals surface area contributed by atoms with Crippen LogP contribution >= 0.6 is 35.3 Å². The molecule has 0 spiro atoms. The smallest absolute Gasteiger partial charge is 0.191 e. The molecule has 0 radical (unpaired) electrons. The Kier molecular flexibility index (Phi) is 9.44. The van der Waals surface area contributed by atoms with E-state index in [-0.39, 0.29) is 29.4 Å². The van der Waals surface area contributed by atoms with Gasteiger partial charge in [0.1, 0.15) is 0 Å². The standard InChI is InChI=1S/C15H28N4S.HI/c1-11(2)7-8-17-14(16-6)18-9-12-10-20-13(19-12)15(3,4)5;/h10-11H,7-9H2,1-6H3,(H2,16,17,18);1H. The van der Waals surface area contributed by atoms with Gasteiger partial charge in [-0.1, -0.05) is 34.6 Å². The van der Waals surface area contributed by atoms with Gasteiger partial charge in [0.15, 0.2) is 5.96 Å². The fraction of sp³-hybridized carbons (Fsp3) is 0.733. The Balaban J connectivity index is 0.00000400. The summed E-state index contributed by atoms with van der Waals surface area (Å²) in [6.45, 7) is 12.7. The molecule has 0 aliphatic heterocycles. The zero-order valence-electron chi connectivity index (χ0n) is 14.0. The van der Waals surface area contributed by atoms with Gasteiger partial charge in [-0.15, -0.1) is 35.3 Å². The van der Waals surface area contributed by atoms with Crippen molar-refractivity contribution in [2.24, 2.45) is 10.9 Å². The van der Waals surface area contributed by atoms with E-state index >= 15 is 0 Å². The predicted molar refractivity (Wildman–Crippen MR) is 104 cm³/mol. The second-order valence-corrected chi connectivity index (χ2v) is 7.29. The Bertz CT molecular complexity index is 435. The molecule has 0 saturated heterocycles. The van der Waals surface area contributed by atoms with Crippen LogP contribution in [0.5, 0.6) is 0 Å². The van der Waals surface area contributed by atoms with Crippen molar-refractivity contribution in [2.45, 2.75) is 53.0 Å². The van der Waals surface area contributed by atoms with Gasteiger partial charge in [-0.25, -0.2) is 4.98 Å². The van der Waals surface area contributed by atoms with Crippen LogP contribution in [0.15, 0.2) is 10.4 Å². The molecular weight excluding hydrogens is 395 g/mol. The third-order valence-corrected chi connectivity index (χ3v) is 4.18. The molecule has 0 amide bonds. The average molecular weight is 424 g/mol. The molecule has 0 fully saturated rings. The Hall–Kier alpha value is -0.370. The van der Waals surface area contributed by atoms with Gasteiger partial charge >= 0.3 is 0 Å². The first kappa shape index (κ1) is 20.6. The summed E-state index contributed by atoms with van der Waals surface area (Å²) in [4.78, 5) is 8.90. The summed E-state index contributed by atoms with van der Waals surface area (Å²) >= 11 is 1.73. The number of nitrogens with zero attached hydrogens (tertiary/aromatic N) is 2. The topological polar surface area (TPSA) is 49.3 Å². The maximum atomic E-state index is 4.67. The van der Waals surface area contributed by atoms with E-state index in [1.807, 2.05) is 0 Å². The molecular formula is C15H29IN4S. The lowest BCUT2D eigenvalue weighted by Gasteiger charge is -2.14. The van der Waals surface area contributed by atoms with Gasteiger partial charge in [-0.2, -0.15) is 0 Å². The first-order chi connectivity index (χ1) is 9.32. The van der Waals surface area contributed by atoms with E-state index in [1.54, 1.807) is 18.4 Å². The molecule has 4 nitrogen and oxygen atoms in total. The van der Waals surface area contributed by atoms with E-state index in [0.29, 0.717) is 12.5 Å². The van der Waals surface area contributed by atoms with Gasteiger partial charge in [0.2, 0.25) is 0 Å². The van der Waals surface area contributed by atoms with Crippen molar-refractivity contribution < 1.29 is 0 Å². The van der Waals surface area contributed by atoms with Crippen LogP contribution in [-0.4, -0.2) is 24.5 Å². The van der Waals surface area contributed by atoms with Crippen molar-refractivity contribution in [1.29, 1.82) is 0 Å². The van der Waals surface area contributed by atoms with E-state index in [4.69, 9.17) is 0 Å². The Morgan fingerprint density at radius 1 is 1.33 bits per heavy atom. The number of halogens is 1. The molecule has 0 bridgehead atoms. The quantitative estimate of drug-likeness (QED) is 0.430. The molecule has 6 heteroatoms. The number of nitrogens with one attached hydrogen (secondary N) is 2. The van der Waals surface area contributed by atoms with Crippen LogP contribution in [0, 0.1) is 5.92 Å². The first-order valence-electron chi connectivity index (χ1n) is 7.22. The van der Waals surface area contributed by atoms with Crippen molar-refractivity contribution in [3.05, 3.63) is 16.1 Å². The molecule has 0 aliphatic rings. The zero-order valence-corrected chi connectivity index (χ0v) is 17.1. The number of hydrogen-bond acceptors (Lipinski definition) is 3. The fourth-order valence-corrected chi connectivity index (χ4v) is 2.51. The van der Waals surface area contributed by atoms with Crippen LogP contribution in [0.4, 0.5) is 0 Å². The van der Waals surface area contributed by atoms with Crippen molar-refractivity contribution >= 4 is 41.3 Å². The highest BCUT2D eigenvalue weighted by Crippen LogP contribution is 2.25. The minimum absolute atomic E-state index is 0. The summed E-state index contributed by atoms with van der Waals surface area (Å²) < 4.78 is 0. The number of thiazole rings is 1. The average Bonchev–Trinajstić information content (AvgIpc) is 2.81. The minimum Gasteiger partial charge on any atom is -0.356 e. The van der Waals surface area contributed by atoms with Crippen molar-refractivity contribution in [1.82, 2.24) is 15.6 Å². The SMILES string of the molecule is CN=C(NCCC(C)C)NCc1csc(C(C)(C)C)n1.I. The molecule has 122 valence electrons. The van der Waals surface area contributed by atoms with E-state index in [2.05, 4.69) is 60.6 Å². The van der Waals surface area contributed by atoms with Crippen LogP contribution in [0.25, 0.3) is 0 Å². The highest BCUT2D eigenvalue weighted by molar-refractivity contribution is 14.0. The second-order valence-electron chi connectivity index (χ2n) is 6.43. The maximum absolute atomic E-state index is 4.67. The van der Waals surface area contributed by atoms with E-state index in [9.17, 15) is 0 Å². The zero-order chi connectivity index (χ0) is 15.2. The van der Waals surface area contributed by atoms with Gasteiger partial charge in [-0.05, 0) is 12.3 Å². The number of rotatable bonds is 5. The summed E-state index contributed by atoms with van der Waals surface area (Å²) in [5.74, 6) is 1.55. The maximum Gasteiger partial charge on any atom is 0.191 e. The Morgan fingerprint density at radius 2 is 2.00 bits per heavy atom. The Labute approximate surface area is 150 Å². The number of aliphatic imine (C=N–C) groups is 1. The lowest BCUT2D eigenvalue weighted by Crippen LogP contribution is -2.37. The first-order valence-corrected chi connectivity index (χ1v) is 8.10. The minimum atomic E-state index is 0. The lowest BCUT2D eigenvalue weighted by atomic mass is 9.98.